The van der Waals surface area contributed by atoms with Crippen molar-refractivity contribution in [1.29, 1.82) is 0 Å². The first-order chi connectivity index (χ1) is 18.4. The SMILES string of the molecule is O=C(O)c1c(CF)cc(N2C[C@@H]3C[C@H]2C[C@H]3OCc2c(-c3c(Cl)cccc3Cl)noc2C2CC2)cc1CF. The van der Waals surface area contributed by atoms with Gasteiger partial charge in [0.15, 0.2) is 0 Å². The number of carbonyl (C=O) groups is 1. The van der Waals surface area contributed by atoms with Crippen LogP contribution >= 0.6 is 23.2 Å². The fourth-order valence-electron chi connectivity index (χ4n) is 6.07. The lowest BCUT2D eigenvalue weighted by Crippen LogP contribution is -2.38. The molecule has 1 aromatic heterocycles. The monoisotopic (exact) mass is 562 g/mol. The molecule has 0 radical (unpaired) electrons. The fraction of sp³-hybridized carbons (Fsp3) is 0.429. The zero-order valence-corrected chi connectivity index (χ0v) is 21.9. The van der Waals surface area contributed by atoms with E-state index in [2.05, 4.69) is 10.1 Å². The zero-order chi connectivity index (χ0) is 26.6. The Balaban J connectivity index is 1.20. The number of rotatable bonds is 9. The van der Waals surface area contributed by atoms with Gasteiger partial charge >= 0.3 is 5.97 Å². The van der Waals surface area contributed by atoms with Gasteiger partial charge in [-0.2, -0.15) is 0 Å². The highest BCUT2D eigenvalue weighted by atomic mass is 35.5. The van der Waals surface area contributed by atoms with Gasteiger partial charge < -0.3 is 19.3 Å². The van der Waals surface area contributed by atoms with Gasteiger partial charge in [-0.05, 0) is 61.1 Å². The molecule has 1 saturated heterocycles. The van der Waals surface area contributed by atoms with Crippen molar-refractivity contribution in [2.24, 2.45) is 5.92 Å². The third-order valence-electron chi connectivity index (χ3n) is 8.00. The summed E-state index contributed by atoms with van der Waals surface area (Å²) in [4.78, 5) is 13.7. The molecule has 2 aromatic carbocycles. The van der Waals surface area contributed by atoms with Crippen LogP contribution < -0.4 is 4.90 Å². The van der Waals surface area contributed by atoms with Gasteiger partial charge in [-0.3, -0.25) is 0 Å². The Kier molecular flexibility index (Phi) is 6.82. The summed E-state index contributed by atoms with van der Waals surface area (Å²) in [7, 11) is 0. The number of aromatic carboxylic acids is 1. The lowest BCUT2D eigenvalue weighted by Gasteiger charge is -2.34. The molecule has 2 aliphatic carbocycles. The number of hydrogen-bond donors (Lipinski definition) is 1. The number of carboxylic acids is 1. The van der Waals surface area contributed by atoms with Crippen LogP contribution in [0.15, 0.2) is 34.9 Å². The maximum atomic E-state index is 13.7. The van der Waals surface area contributed by atoms with E-state index in [0.29, 0.717) is 46.1 Å². The summed E-state index contributed by atoms with van der Waals surface area (Å²) in [6, 6.07) is 8.55. The van der Waals surface area contributed by atoms with Crippen molar-refractivity contribution < 1.29 is 27.9 Å². The average molecular weight is 563 g/mol. The summed E-state index contributed by atoms with van der Waals surface area (Å²) in [6.07, 6.45) is 3.75. The Morgan fingerprint density at radius 3 is 2.37 bits per heavy atom. The number of benzene rings is 2. The number of fused-ring (bicyclic) bond motifs is 2. The number of alkyl halides is 2. The molecule has 2 heterocycles. The first kappa shape index (κ1) is 25.6. The van der Waals surface area contributed by atoms with Crippen molar-refractivity contribution in [3.63, 3.8) is 0 Å². The quantitative estimate of drug-likeness (QED) is 0.294. The molecule has 200 valence electrons. The van der Waals surface area contributed by atoms with Crippen LogP contribution in [0.2, 0.25) is 10.0 Å². The van der Waals surface area contributed by atoms with Crippen molar-refractivity contribution in [2.75, 3.05) is 11.4 Å². The number of nitrogens with zero attached hydrogens (tertiary/aromatic N) is 2. The molecule has 6 rings (SSSR count). The molecule has 10 heteroatoms. The van der Waals surface area contributed by atoms with Gasteiger partial charge in [0, 0.05) is 41.2 Å². The lowest BCUT2D eigenvalue weighted by molar-refractivity contribution is 0.0122. The number of aromatic nitrogens is 1. The maximum Gasteiger partial charge on any atom is 0.336 e. The van der Waals surface area contributed by atoms with Crippen molar-refractivity contribution in [3.8, 4) is 11.3 Å². The summed E-state index contributed by atoms with van der Waals surface area (Å²) >= 11 is 12.9. The van der Waals surface area contributed by atoms with Crippen LogP contribution in [0.3, 0.4) is 0 Å². The fourth-order valence-corrected chi connectivity index (χ4v) is 6.64. The van der Waals surface area contributed by atoms with Gasteiger partial charge in [0.05, 0.1) is 28.3 Å². The number of halogens is 4. The standard InChI is InChI=1S/C28H26Cl2F2N2O4/c29-21-2-1-3-22(30)25(21)26-20(27(38-33-26)14-4-5-14)13-37-23-9-19-8-17(23)12-34(19)18-6-15(10-31)24(28(35)36)16(7-18)11-32/h1-3,6-7,14,17,19,23H,4-5,8-13H2,(H,35,36)/t17-,19-,23+/m0/s1. The van der Waals surface area contributed by atoms with E-state index in [1.165, 1.54) is 12.1 Å². The number of carboxylic acid groups (broad SMARTS) is 1. The zero-order valence-electron chi connectivity index (χ0n) is 20.4. The van der Waals surface area contributed by atoms with Crippen molar-refractivity contribution in [3.05, 3.63) is 68.4 Å². The van der Waals surface area contributed by atoms with E-state index in [4.69, 9.17) is 32.5 Å². The van der Waals surface area contributed by atoms with E-state index in [1.807, 2.05) is 0 Å². The minimum Gasteiger partial charge on any atom is -0.478 e. The molecule has 2 saturated carbocycles. The molecular formula is C28H26Cl2F2N2O4. The highest BCUT2D eigenvalue weighted by Gasteiger charge is 2.46. The Morgan fingerprint density at radius 1 is 1.13 bits per heavy atom. The largest absolute Gasteiger partial charge is 0.478 e. The van der Waals surface area contributed by atoms with Gasteiger partial charge in [0.2, 0.25) is 0 Å². The van der Waals surface area contributed by atoms with E-state index in [1.54, 1.807) is 18.2 Å². The topological polar surface area (TPSA) is 75.8 Å². The first-order valence-corrected chi connectivity index (χ1v) is 13.5. The van der Waals surface area contributed by atoms with Crippen LogP contribution in [-0.2, 0) is 24.7 Å². The number of anilines is 1. The Labute approximate surface area is 228 Å². The molecule has 2 bridgehead atoms. The summed E-state index contributed by atoms with van der Waals surface area (Å²) in [5.74, 6) is 0.0787. The van der Waals surface area contributed by atoms with E-state index < -0.39 is 19.3 Å². The smallest absolute Gasteiger partial charge is 0.336 e. The van der Waals surface area contributed by atoms with Crippen LogP contribution in [0, 0.1) is 5.92 Å². The average Bonchev–Trinajstić information content (AvgIpc) is 3.35. The third kappa shape index (κ3) is 4.46. The lowest BCUT2D eigenvalue weighted by atomic mass is 9.99. The normalized spacial score (nSPS) is 22.4. The van der Waals surface area contributed by atoms with Gasteiger partial charge in [0.1, 0.15) is 24.8 Å². The first-order valence-electron chi connectivity index (χ1n) is 12.7. The summed E-state index contributed by atoms with van der Waals surface area (Å²) in [5.41, 5.74) is 2.52. The number of piperidine rings is 1. The molecule has 0 spiro atoms. The van der Waals surface area contributed by atoms with Crippen molar-refractivity contribution >= 4 is 34.9 Å². The molecule has 0 amide bonds. The van der Waals surface area contributed by atoms with Gasteiger partial charge in [-0.15, -0.1) is 0 Å². The molecule has 1 N–H and O–H groups in total. The molecular weight excluding hydrogens is 537 g/mol. The van der Waals surface area contributed by atoms with Crippen molar-refractivity contribution in [2.45, 2.75) is 63.7 Å². The predicted molar refractivity (Wildman–Crippen MR) is 139 cm³/mol. The molecule has 3 aromatic rings. The Hall–Kier alpha value is -2.68. The molecule has 0 unspecified atom stereocenters. The number of hydrogen-bond acceptors (Lipinski definition) is 5. The van der Waals surface area contributed by atoms with E-state index in [0.717, 1.165) is 37.0 Å². The second kappa shape index (κ2) is 10.1. The van der Waals surface area contributed by atoms with Crippen molar-refractivity contribution in [1.82, 2.24) is 5.16 Å². The van der Waals surface area contributed by atoms with Crippen LogP contribution in [0.4, 0.5) is 14.5 Å². The van der Waals surface area contributed by atoms with Gasteiger partial charge in [-0.25, -0.2) is 13.6 Å². The molecule has 1 aliphatic heterocycles. The predicted octanol–water partition coefficient (Wildman–Crippen LogP) is 7.35. The number of ether oxygens (including phenoxy) is 1. The van der Waals surface area contributed by atoms with Gasteiger partial charge in [-0.1, -0.05) is 34.4 Å². The summed E-state index contributed by atoms with van der Waals surface area (Å²) in [5, 5.41) is 14.8. The maximum absolute atomic E-state index is 13.7. The Bertz CT molecular complexity index is 1350. The second-order valence-corrected chi connectivity index (χ2v) is 11.2. The third-order valence-corrected chi connectivity index (χ3v) is 8.63. The molecule has 3 fully saturated rings. The molecule has 3 aliphatic rings. The molecule has 3 atom stereocenters. The Morgan fingerprint density at radius 2 is 1.82 bits per heavy atom. The minimum atomic E-state index is -1.31. The van der Waals surface area contributed by atoms with E-state index in [-0.39, 0.29) is 34.8 Å². The molecule has 38 heavy (non-hydrogen) atoms. The summed E-state index contributed by atoms with van der Waals surface area (Å²) in [6.45, 7) is -0.932. The van der Waals surface area contributed by atoms with Crippen LogP contribution in [0.5, 0.6) is 0 Å². The van der Waals surface area contributed by atoms with Gasteiger partial charge in [0.25, 0.3) is 0 Å². The minimum absolute atomic E-state index is 0.00375. The highest BCUT2D eigenvalue weighted by molar-refractivity contribution is 6.39. The highest BCUT2D eigenvalue weighted by Crippen LogP contribution is 2.47. The second-order valence-electron chi connectivity index (χ2n) is 10.3. The summed E-state index contributed by atoms with van der Waals surface area (Å²) < 4.78 is 39.5. The van der Waals surface area contributed by atoms with E-state index in [9.17, 15) is 18.7 Å². The van der Waals surface area contributed by atoms with Crippen LogP contribution in [0.25, 0.3) is 11.3 Å². The molecule has 6 nitrogen and oxygen atoms in total. The van der Waals surface area contributed by atoms with Crippen LogP contribution in [-0.4, -0.2) is 34.9 Å². The van der Waals surface area contributed by atoms with E-state index >= 15 is 0 Å². The van der Waals surface area contributed by atoms with Crippen LogP contribution in [0.1, 0.15) is 64.4 Å².